The summed E-state index contributed by atoms with van der Waals surface area (Å²) in [5, 5.41) is 7.16. The van der Waals surface area contributed by atoms with E-state index in [0.717, 1.165) is 39.8 Å². The largest absolute Gasteiger partial charge is 0.467 e. The Hall–Kier alpha value is -3.91. The van der Waals surface area contributed by atoms with Gasteiger partial charge in [0.2, 0.25) is 5.91 Å². The highest BCUT2D eigenvalue weighted by Gasteiger charge is 2.42. The molecule has 0 saturated carbocycles. The number of benzene rings is 1. The molecule has 1 saturated heterocycles. The fourth-order valence-corrected chi connectivity index (χ4v) is 5.40. The quantitative estimate of drug-likeness (QED) is 0.296. The van der Waals surface area contributed by atoms with Crippen LogP contribution in [0.15, 0.2) is 71.5 Å². The van der Waals surface area contributed by atoms with Crippen molar-refractivity contribution in [3.05, 3.63) is 101 Å². The van der Waals surface area contributed by atoms with Crippen molar-refractivity contribution < 1.29 is 9.21 Å². The second-order valence-corrected chi connectivity index (χ2v) is 9.78. The number of carbonyl (C=O) groups excluding carboxylic acids is 1. The summed E-state index contributed by atoms with van der Waals surface area (Å²) in [6.07, 6.45) is 3.95. The molecule has 8 heteroatoms. The number of aromatic nitrogens is 2. The van der Waals surface area contributed by atoms with Crippen LogP contribution in [0.3, 0.4) is 0 Å². The molecule has 3 aromatic heterocycles. The molecule has 1 amide bonds. The van der Waals surface area contributed by atoms with Gasteiger partial charge in [-0.1, -0.05) is 13.0 Å². The zero-order valence-electron chi connectivity index (χ0n) is 21.5. The second kappa shape index (κ2) is 10.2. The van der Waals surface area contributed by atoms with Gasteiger partial charge in [-0.2, -0.15) is 0 Å². The summed E-state index contributed by atoms with van der Waals surface area (Å²) in [6, 6.07) is 17.9. The van der Waals surface area contributed by atoms with Crippen LogP contribution in [0.4, 0.5) is 11.4 Å². The van der Waals surface area contributed by atoms with Gasteiger partial charge in [-0.3, -0.25) is 9.78 Å². The Morgan fingerprint density at radius 2 is 1.97 bits per heavy atom. The third-order valence-electron chi connectivity index (χ3n) is 7.01. The van der Waals surface area contributed by atoms with Gasteiger partial charge in [0.05, 0.1) is 30.6 Å². The highest BCUT2D eigenvalue weighted by Crippen LogP contribution is 2.44. The van der Waals surface area contributed by atoms with Crippen molar-refractivity contribution in [1.29, 1.82) is 0 Å². The standard InChI is InChI=1S/C29H31N5O2S/c1-5-26(35)31-24-12-11-21(15-18(24)2)34-28(27(32-29(34)37)25-10-6-7-13-30-25)23-16-19(3)33(20(23)4)17-22-9-8-14-36-22/h6-16,27-28H,5,17H2,1-4H3,(H,31,35)(H,32,37)/t27-,28+/m0/s1. The summed E-state index contributed by atoms with van der Waals surface area (Å²) in [7, 11) is 0. The average molecular weight is 514 g/mol. The number of hydrogen-bond donors (Lipinski definition) is 2. The van der Waals surface area contributed by atoms with E-state index in [0.29, 0.717) is 18.1 Å². The minimum Gasteiger partial charge on any atom is -0.467 e. The van der Waals surface area contributed by atoms with Crippen molar-refractivity contribution in [3.8, 4) is 0 Å². The van der Waals surface area contributed by atoms with Gasteiger partial charge in [0.1, 0.15) is 5.76 Å². The Bertz CT molecular complexity index is 1430. The number of pyridine rings is 1. The van der Waals surface area contributed by atoms with Crippen LogP contribution < -0.4 is 15.5 Å². The van der Waals surface area contributed by atoms with Crippen LogP contribution >= 0.6 is 12.2 Å². The minimum atomic E-state index is -0.133. The Balaban J connectivity index is 1.59. The molecule has 5 rings (SSSR count). The van der Waals surface area contributed by atoms with E-state index in [1.54, 1.807) is 6.26 Å². The van der Waals surface area contributed by atoms with Crippen LogP contribution in [0.2, 0.25) is 0 Å². The molecule has 4 aromatic rings. The van der Waals surface area contributed by atoms with Crippen LogP contribution in [-0.4, -0.2) is 20.6 Å². The first kappa shape index (κ1) is 24.8. The maximum Gasteiger partial charge on any atom is 0.224 e. The lowest BCUT2D eigenvalue weighted by Crippen LogP contribution is -2.29. The Morgan fingerprint density at radius 3 is 2.65 bits per heavy atom. The molecule has 1 aromatic carbocycles. The number of nitrogens with zero attached hydrogens (tertiary/aromatic N) is 3. The topological polar surface area (TPSA) is 75.3 Å². The first-order chi connectivity index (χ1) is 17.9. The van der Waals surface area contributed by atoms with Crippen LogP contribution in [0.25, 0.3) is 0 Å². The Labute approximate surface area is 222 Å². The van der Waals surface area contributed by atoms with E-state index in [4.69, 9.17) is 16.6 Å². The van der Waals surface area contributed by atoms with E-state index < -0.39 is 0 Å². The van der Waals surface area contributed by atoms with E-state index >= 15 is 0 Å². The number of aryl methyl sites for hydroxylation is 2. The zero-order chi connectivity index (χ0) is 26.1. The molecule has 0 aliphatic carbocycles. The van der Waals surface area contributed by atoms with Crippen molar-refractivity contribution in [1.82, 2.24) is 14.9 Å². The van der Waals surface area contributed by atoms with Gasteiger partial charge in [0, 0.05) is 35.4 Å². The van der Waals surface area contributed by atoms with E-state index in [2.05, 4.69) is 51.1 Å². The van der Waals surface area contributed by atoms with Gasteiger partial charge < -0.3 is 24.5 Å². The van der Waals surface area contributed by atoms with Gasteiger partial charge in [-0.15, -0.1) is 0 Å². The Kier molecular flexibility index (Phi) is 6.84. The fourth-order valence-electron chi connectivity index (χ4n) is 5.05. The van der Waals surface area contributed by atoms with Crippen LogP contribution in [0.5, 0.6) is 0 Å². The van der Waals surface area contributed by atoms with Gasteiger partial charge >= 0.3 is 0 Å². The highest BCUT2D eigenvalue weighted by molar-refractivity contribution is 7.80. The summed E-state index contributed by atoms with van der Waals surface area (Å²) >= 11 is 5.91. The first-order valence-electron chi connectivity index (χ1n) is 12.5. The molecule has 2 N–H and O–H groups in total. The molecule has 190 valence electrons. The molecule has 1 aliphatic heterocycles. The fraction of sp³-hybridized carbons (Fsp3) is 0.276. The number of thiocarbonyl (C=S) groups is 1. The van der Waals surface area contributed by atoms with Gasteiger partial charge in [-0.25, -0.2) is 0 Å². The molecule has 0 spiro atoms. The van der Waals surface area contributed by atoms with Crippen molar-refractivity contribution in [2.45, 2.75) is 52.7 Å². The average Bonchev–Trinajstić information content (AvgIpc) is 3.60. The third-order valence-corrected chi connectivity index (χ3v) is 7.32. The predicted molar refractivity (Wildman–Crippen MR) is 150 cm³/mol. The molecule has 0 radical (unpaired) electrons. The van der Waals surface area contributed by atoms with E-state index in [-0.39, 0.29) is 18.0 Å². The molecule has 7 nitrogen and oxygen atoms in total. The van der Waals surface area contributed by atoms with E-state index in [9.17, 15) is 4.79 Å². The summed E-state index contributed by atoms with van der Waals surface area (Å²) in [5.41, 5.74) is 7.15. The Morgan fingerprint density at radius 1 is 1.14 bits per heavy atom. The zero-order valence-corrected chi connectivity index (χ0v) is 22.3. The lowest BCUT2D eigenvalue weighted by atomic mass is 9.96. The number of nitrogens with one attached hydrogen (secondary N) is 2. The van der Waals surface area contributed by atoms with Crippen LogP contribution in [-0.2, 0) is 11.3 Å². The minimum absolute atomic E-state index is 0.00806. The molecule has 4 heterocycles. The molecular formula is C29H31N5O2S. The van der Waals surface area contributed by atoms with Gasteiger partial charge in [-0.05, 0) is 92.6 Å². The number of anilines is 2. The number of amides is 1. The number of rotatable bonds is 7. The van der Waals surface area contributed by atoms with Crippen molar-refractivity contribution in [3.63, 3.8) is 0 Å². The highest BCUT2D eigenvalue weighted by atomic mass is 32.1. The van der Waals surface area contributed by atoms with Crippen LogP contribution in [0, 0.1) is 20.8 Å². The van der Waals surface area contributed by atoms with Crippen molar-refractivity contribution >= 4 is 34.6 Å². The monoisotopic (exact) mass is 513 g/mol. The van der Waals surface area contributed by atoms with Crippen molar-refractivity contribution in [2.24, 2.45) is 0 Å². The molecular weight excluding hydrogens is 482 g/mol. The molecule has 37 heavy (non-hydrogen) atoms. The lowest BCUT2D eigenvalue weighted by Gasteiger charge is -2.29. The summed E-state index contributed by atoms with van der Waals surface area (Å²) in [5.74, 6) is 0.901. The first-order valence-corrected chi connectivity index (χ1v) is 12.9. The van der Waals surface area contributed by atoms with Gasteiger partial charge in [0.25, 0.3) is 0 Å². The summed E-state index contributed by atoms with van der Waals surface area (Å²) in [6.45, 7) is 8.78. The number of carbonyl (C=O) groups is 1. The summed E-state index contributed by atoms with van der Waals surface area (Å²) in [4.78, 5) is 18.8. The lowest BCUT2D eigenvalue weighted by molar-refractivity contribution is -0.115. The second-order valence-electron chi connectivity index (χ2n) is 9.39. The van der Waals surface area contributed by atoms with Crippen molar-refractivity contribution in [2.75, 3.05) is 10.2 Å². The molecule has 1 fully saturated rings. The molecule has 0 bridgehead atoms. The maximum atomic E-state index is 12.0. The molecule has 1 aliphatic rings. The normalized spacial score (nSPS) is 17.2. The maximum absolute atomic E-state index is 12.0. The van der Waals surface area contributed by atoms with E-state index in [1.165, 1.54) is 5.56 Å². The predicted octanol–water partition coefficient (Wildman–Crippen LogP) is 5.98. The molecule has 2 atom stereocenters. The van der Waals surface area contributed by atoms with E-state index in [1.807, 2.05) is 62.5 Å². The summed E-state index contributed by atoms with van der Waals surface area (Å²) < 4.78 is 7.91. The molecule has 0 unspecified atom stereocenters. The SMILES string of the molecule is CCC(=O)Nc1ccc(N2C(=S)N[C@@H](c3ccccn3)[C@H]2c2cc(C)n(Cc3ccco3)c2C)cc1C. The number of furan rings is 1. The smallest absolute Gasteiger partial charge is 0.224 e. The third kappa shape index (κ3) is 4.76. The van der Waals surface area contributed by atoms with Crippen LogP contribution in [0.1, 0.15) is 59.4 Å². The van der Waals surface area contributed by atoms with Gasteiger partial charge in [0.15, 0.2) is 5.11 Å². The number of hydrogen-bond acceptors (Lipinski definition) is 4.